The summed E-state index contributed by atoms with van der Waals surface area (Å²) in [5.74, 6) is 0.928. The molecule has 0 aromatic rings. The minimum atomic E-state index is 0.601. The molecule has 0 radical (unpaired) electrons. The second kappa shape index (κ2) is 4.79. The van der Waals surface area contributed by atoms with Crippen molar-refractivity contribution >= 4 is 0 Å². The standard InChI is InChI=1S/C11H24/c1-6-10(7-2)11(5,8-3)9-4/h10H,6-9H2,1-5H3. The Morgan fingerprint density at radius 3 is 1.36 bits per heavy atom. The lowest BCUT2D eigenvalue weighted by molar-refractivity contribution is 0.158. The van der Waals surface area contributed by atoms with Crippen molar-refractivity contribution in [3.8, 4) is 0 Å². The van der Waals surface area contributed by atoms with Gasteiger partial charge in [-0.3, -0.25) is 0 Å². The van der Waals surface area contributed by atoms with Crippen LogP contribution < -0.4 is 0 Å². The molecule has 0 aliphatic rings. The minimum absolute atomic E-state index is 0.601. The van der Waals surface area contributed by atoms with Gasteiger partial charge in [0.15, 0.2) is 0 Å². The largest absolute Gasteiger partial charge is 0.0651 e. The Kier molecular flexibility index (Phi) is 4.79. The van der Waals surface area contributed by atoms with E-state index >= 15 is 0 Å². The summed E-state index contributed by atoms with van der Waals surface area (Å²) < 4.78 is 0. The van der Waals surface area contributed by atoms with Gasteiger partial charge in [0.05, 0.1) is 0 Å². The Morgan fingerprint density at radius 2 is 1.27 bits per heavy atom. The van der Waals surface area contributed by atoms with Crippen molar-refractivity contribution in [2.45, 2.75) is 60.3 Å². The summed E-state index contributed by atoms with van der Waals surface area (Å²) in [5, 5.41) is 0. The molecule has 0 saturated carbocycles. The third-order valence-corrected chi connectivity index (χ3v) is 3.59. The van der Waals surface area contributed by atoms with Crippen LogP contribution in [0.25, 0.3) is 0 Å². The maximum Gasteiger partial charge on any atom is -0.0303 e. The fraction of sp³-hybridized carbons (Fsp3) is 1.00. The number of hydrogen-bond acceptors (Lipinski definition) is 0. The van der Waals surface area contributed by atoms with Crippen molar-refractivity contribution in [1.82, 2.24) is 0 Å². The lowest BCUT2D eigenvalue weighted by Gasteiger charge is -2.35. The van der Waals surface area contributed by atoms with Crippen LogP contribution >= 0.6 is 0 Å². The maximum absolute atomic E-state index is 2.44. The first-order chi connectivity index (χ1) is 5.14. The van der Waals surface area contributed by atoms with Gasteiger partial charge in [0, 0.05) is 0 Å². The smallest absolute Gasteiger partial charge is 0.0303 e. The van der Waals surface area contributed by atoms with Gasteiger partial charge in [-0.2, -0.15) is 0 Å². The molecule has 0 amide bonds. The van der Waals surface area contributed by atoms with Crippen molar-refractivity contribution in [2.24, 2.45) is 11.3 Å². The van der Waals surface area contributed by atoms with Gasteiger partial charge in [-0.05, 0) is 11.3 Å². The van der Waals surface area contributed by atoms with Gasteiger partial charge in [0.25, 0.3) is 0 Å². The summed E-state index contributed by atoms with van der Waals surface area (Å²) in [6.45, 7) is 11.7. The predicted octanol–water partition coefficient (Wildman–Crippen LogP) is 4.25. The van der Waals surface area contributed by atoms with Crippen molar-refractivity contribution < 1.29 is 0 Å². The van der Waals surface area contributed by atoms with Gasteiger partial charge in [-0.1, -0.05) is 60.3 Å². The lowest BCUT2D eigenvalue weighted by atomic mass is 9.71. The topological polar surface area (TPSA) is 0 Å². The second-order valence-electron chi connectivity index (χ2n) is 3.87. The predicted molar refractivity (Wildman–Crippen MR) is 52.8 cm³/mol. The summed E-state index contributed by atoms with van der Waals surface area (Å²) in [5.41, 5.74) is 0.601. The van der Waals surface area contributed by atoms with Crippen LogP contribution in [0.3, 0.4) is 0 Å². The van der Waals surface area contributed by atoms with Crippen molar-refractivity contribution in [2.75, 3.05) is 0 Å². The Balaban J connectivity index is 4.19. The van der Waals surface area contributed by atoms with Crippen molar-refractivity contribution in [3.63, 3.8) is 0 Å². The van der Waals surface area contributed by atoms with Crippen LogP contribution in [0.15, 0.2) is 0 Å². The van der Waals surface area contributed by atoms with E-state index in [2.05, 4.69) is 34.6 Å². The van der Waals surface area contributed by atoms with Crippen LogP contribution in [-0.4, -0.2) is 0 Å². The Labute approximate surface area is 72.4 Å². The van der Waals surface area contributed by atoms with Crippen LogP contribution in [-0.2, 0) is 0 Å². The monoisotopic (exact) mass is 156 g/mol. The molecule has 0 heteroatoms. The van der Waals surface area contributed by atoms with Gasteiger partial charge in [-0.25, -0.2) is 0 Å². The third-order valence-electron chi connectivity index (χ3n) is 3.59. The number of hydrogen-bond donors (Lipinski definition) is 0. The molecule has 0 N–H and O–H groups in total. The molecular formula is C11H24. The molecule has 0 aromatic carbocycles. The highest BCUT2D eigenvalue weighted by atomic mass is 14.3. The van der Waals surface area contributed by atoms with E-state index in [-0.39, 0.29) is 0 Å². The third kappa shape index (κ3) is 2.50. The molecule has 0 atom stereocenters. The zero-order chi connectivity index (χ0) is 8.91. The van der Waals surface area contributed by atoms with E-state index in [1.807, 2.05) is 0 Å². The molecule has 0 aliphatic heterocycles. The fourth-order valence-corrected chi connectivity index (χ4v) is 2.10. The van der Waals surface area contributed by atoms with Gasteiger partial charge < -0.3 is 0 Å². The zero-order valence-corrected chi connectivity index (χ0v) is 8.91. The van der Waals surface area contributed by atoms with E-state index in [0.29, 0.717) is 5.41 Å². The van der Waals surface area contributed by atoms with Crippen LogP contribution in [0, 0.1) is 11.3 Å². The van der Waals surface area contributed by atoms with E-state index in [9.17, 15) is 0 Å². The molecule has 0 aromatic heterocycles. The highest BCUT2D eigenvalue weighted by Crippen LogP contribution is 2.38. The normalized spacial score (nSPS) is 12.5. The highest BCUT2D eigenvalue weighted by Gasteiger charge is 2.27. The SMILES string of the molecule is CCC(CC)C(C)(CC)CC. The molecule has 0 rings (SSSR count). The molecule has 0 unspecified atom stereocenters. The summed E-state index contributed by atoms with van der Waals surface area (Å²) in [7, 11) is 0. The van der Waals surface area contributed by atoms with Crippen LogP contribution in [0.4, 0.5) is 0 Å². The minimum Gasteiger partial charge on any atom is -0.0651 e. The Bertz CT molecular complexity index is 86.2. The van der Waals surface area contributed by atoms with Crippen molar-refractivity contribution in [1.29, 1.82) is 0 Å². The average molecular weight is 156 g/mol. The first kappa shape index (κ1) is 11.0. The Hall–Kier alpha value is 0. The van der Waals surface area contributed by atoms with Gasteiger partial charge in [-0.15, -0.1) is 0 Å². The molecule has 0 saturated heterocycles. The quantitative estimate of drug-likeness (QED) is 0.558. The summed E-state index contributed by atoms with van der Waals surface area (Å²) in [4.78, 5) is 0. The molecule has 0 spiro atoms. The van der Waals surface area contributed by atoms with Crippen LogP contribution in [0.1, 0.15) is 60.3 Å². The second-order valence-corrected chi connectivity index (χ2v) is 3.87. The van der Waals surface area contributed by atoms with E-state index in [4.69, 9.17) is 0 Å². The van der Waals surface area contributed by atoms with Gasteiger partial charge in [0.1, 0.15) is 0 Å². The molecule has 0 nitrogen and oxygen atoms in total. The first-order valence-corrected chi connectivity index (χ1v) is 5.14. The van der Waals surface area contributed by atoms with Crippen molar-refractivity contribution in [3.05, 3.63) is 0 Å². The molecule has 68 valence electrons. The summed E-state index contributed by atoms with van der Waals surface area (Å²) >= 11 is 0. The fourth-order valence-electron chi connectivity index (χ4n) is 2.10. The van der Waals surface area contributed by atoms with Crippen LogP contribution in [0.5, 0.6) is 0 Å². The maximum atomic E-state index is 2.44. The summed E-state index contributed by atoms with van der Waals surface area (Å²) in [6.07, 6.45) is 5.34. The molecule has 0 aliphatic carbocycles. The molecule has 0 fully saturated rings. The zero-order valence-electron chi connectivity index (χ0n) is 8.91. The van der Waals surface area contributed by atoms with Gasteiger partial charge >= 0.3 is 0 Å². The van der Waals surface area contributed by atoms with Gasteiger partial charge in [0.2, 0.25) is 0 Å². The lowest BCUT2D eigenvalue weighted by Crippen LogP contribution is -2.24. The number of rotatable bonds is 5. The van der Waals surface area contributed by atoms with Crippen LogP contribution in [0.2, 0.25) is 0 Å². The van der Waals surface area contributed by atoms with E-state index in [1.165, 1.54) is 25.7 Å². The van der Waals surface area contributed by atoms with E-state index in [0.717, 1.165) is 5.92 Å². The molecular weight excluding hydrogens is 132 g/mol. The Morgan fingerprint density at radius 1 is 0.909 bits per heavy atom. The molecule has 11 heavy (non-hydrogen) atoms. The van der Waals surface area contributed by atoms with E-state index in [1.54, 1.807) is 0 Å². The highest BCUT2D eigenvalue weighted by molar-refractivity contribution is 4.78. The average Bonchev–Trinajstić information content (AvgIpc) is 2.06. The molecule has 0 heterocycles. The first-order valence-electron chi connectivity index (χ1n) is 5.14. The molecule has 0 bridgehead atoms. The summed E-state index contributed by atoms with van der Waals surface area (Å²) in [6, 6.07) is 0. The van der Waals surface area contributed by atoms with E-state index < -0.39 is 0 Å².